The second-order valence-corrected chi connectivity index (χ2v) is 7.29. The number of amides is 2. The first-order valence-electron chi connectivity index (χ1n) is 10.3. The van der Waals surface area contributed by atoms with Crippen LogP contribution in [0.2, 0.25) is 0 Å². The Morgan fingerprint density at radius 3 is 2.53 bits per heavy atom. The molecular formula is C25H23N3O4. The lowest BCUT2D eigenvalue weighted by molar-refractivity contribution is -0.132. The number of ether oxygens (including phenoxy) is 1. The van der Waals surface area contributed by atoms with Gasteiger partial charge in [0.2, 0.25) is 5.91 Å². The summed E-state index contributed by atoms with van der Waals surface area (Å²) in [6.07, 6.45) is 1.29. The van der Waals surface area contributed by atoms with Gasteiger partial charge in [0.15, 0.2) is 17.8 Å². The molecule has 0 spiro atoms. The van der Waals surface area contributed by atoms with Crippen molar-refractivity contribution in [1.82, 2.24) is 15.8 Å². The Hall–Kier alpha value is -4.13. The molecule has 0 saturated carbocycles. The maximum atomic E-state index is 12.3. The normalized spacial score (nSPS) is 11.7. The van der Waals surface area contributed by atoms with Gasteiger partial charge in [0, 0.05) is 18.4 Å². The Bertz CT molecular complexity index is 1220. The van der Waals surface area contributed by atoms with Crippen LogP contribution >= 0.6 is 0 Å². The summed E-state index contributed by atoms with van der Waals surface area (Å²) in [7, 11) is 0. The fraction of sp³-hybridized carbons (Fsp3) is 0.160. The van der Waals surface area contributed by atoms with Gasteiger partial charge < -0.3 is 9.15 Å². The molecule has 0 aliphatic heterocycles. The van der Waals surface area contributed by atoms with Gasteiger partial charge in [-0.3, -0.25) is 20.4 Å². The molecule has 0 bridgehead atoms. The van der Waals surface area contributed by atoms with Crippen LogP contribution < -0.4 is 15.6 Å². The van der Waals surface area contributed by atoms with Crippen LogP contribution in [-0.4, -0.2) is 22.9 Å². The summed E-state index contributed by atoms with van der Waals surface area (Å²) in [6.45, 7) is 1.62. The molecule has 0 aliphatic rings. The van der Waals surface area contributed by atoms with Gasteiger partial charge in [0.1, 0.15) is 5.75 Å². The largest absolute Gasteiger partial charge is 0.481 e. The minimum absolute atomic E-state index is 0.120. The molecule has 4 aromatic rings. The van der Waals surface area contributed by atoms with Gasteiger partial charge in [-0.15, -0.1) is 0 Å². The smallest absolute Gasteiger partial charge is 0.279 e. The maximum absolute atomic E-state index is 12.3. The van der Waals surface area contributed by atoms with Gasteiger partial charge >= 0.3 is 0 Å². The predicted octanol–water partition coefficient (Wildman–Crippen LogP) is 4.04. The SMILES string of the molecule is CC(Oc1ccc2ccccc2c1)C(=O)NNC(=O)CCc1ncc(-c2ccccc2)o1. The van der Waals surface area contributed by atoms with E-state index in [1.54, 1.807) is 13.1 Å². The zero-order chi connectivity index (χ0) is 22.3. The number of oxazole rings is 1. The van der Waals surface area contributed by atoms with E-state index in [1.807, 2.05) is 72.8 Å². The van der Waals surface area contributed by atoms with Crippen molar-refractivity contribution < 1.29 is 18.7 Å². The molecule has 0 aliphatic carbocycles. The number of hydrogen-bond acceptors (Lipinski definition) is 5. The summed E-state index contributed by atoms with van der Waals surface area (Å²) in [4.78, 5) is 28.6. The summed E-state index contributed by atoms with van der Waals surface area (Å²) in [5.41, 5.74) is 5.71. The number of carbonyl (C=O) groups excluding carboxylic acids is 2. The molecule has 162 valence electrons. The topological polar surface area (TPSA) is 93.5 Å². The van der Waals surface area contributed by atoms with Crippen LogP contribution in [0.1, 0.15) is 19.2 Å². The van der Waals surface area contributed by atoms with Crippen LogP contribution in [0.25, 0.3) is 22.1 Å². The van der Waals surface area contributed by atoms with Crippen LogP contribution in [0, 0.1) is 0 Å². The van der Waals surface area contributed by atoms with E-state index >= 15 is 0 Å². The molecule has 1 heterocycles. The summed E-state index contributed by atoms with van der Waals surface area (Å²) in [5, 5.41) is 2.11. The first-order chi connectivity index (χ1) is 15.6. The number of aryl methyl sites for hydroxylation is 1. The number of hydrogen-bond donors (Lipinski definition) is 2. The van der Waals surface area contributed by atoms with Gasteiger partial charge in [0.05, 0.1) is 6.20 Å². The second-order valence-electron chi connectivity index (χ2n) is 7.29. The highest BCUT2D eigenvalue weighted by molar-refractivity contribution is 5.85. The highest BCUT2D eigenvalue weighted by atomic mass is 16.5. The van der Waals surface area contributed by atoms with E-state index in [1.165, 1.54) is 0 Å². The summed E-state index contributed by atoms with van der Waals surface area (Å²) in [6, 6.07) is 23.1. The number of rotatable bonds is 7. The van der Waals surface area contributed by atoms with Gasteiger partial charge in [-0.05, 0) is 29.8 Å². The van der Waals surface area contributed by atoms with E-state index in [4.69, 9.17) is 9.15 Å². The molecule has 1 unspecified atom stereocenters. The number of nitrogens with zero attached hydrogens (tertiary/aromatic N) is 1. The lowest BCUT2D eigenvalue weighted by Crippen LogP contribution is -2.47. The number of fused-ring (bicyclic) bond motifs is 1. The summed E-state index contributed by atoms with van der Waals surface area (Å²) >= 11 is 0. The Balaban J connectivity index is 1.22. The fourth-order valence-corrected chi connectivity index (χ4v) is 3.18. The minimum Gasteiger partial charge on any atom is -0.481 e. The van der Waals surface area contributed by atoms with Crippen molar-refractivity contribution in [2.75, 3.05) is 0 Å². The van der Waals surface area contributed by atoms with Gasteiger partial charge in [-0.2, -0.15) is 0 Å². The van der Waals surface area contributed by atoms with E-state index in [-0.39, 0.29) is 12.3 Å². The maximum Gasteiger partial charge on any atom is 0.279 e. The molecule has 2 amide bonds. The lowest BCUT2D eigenvalue weighted by atomic mass is 10.1. The van der Waals surface area contributed by atoms with E-state index < -0.39 is 12.0 Å². The average Bonchev–Trinajstić information content (AvgIpc) is 3.31. The third-order valence-electron chi connectivity index (χ3n) is 4.91. The number of aromatic nitrogens is 1. The molecule has 1 atom stereocenters. The van der Waals surface area contributed by atoms with Gasteiger partial charge in [-0.25, -0.2) is 4.98 Å². The highest BCUT2D eigenvalue weighted by Gasteiger charge is 2.16. The molecule has 7 nitrogen and oxygen atoms in total. The van der Waals surface area contributed by atoms with Crippen molar-refractivity contribution in [1.29, 1.82) is 0 Å². The molecule has 7 heteroatoms. The summed E-state index contributed by atoms with van der Waals surface area (Å²) in [5.74, 6) is 0.882. The van der Waals surface area contributed by atoms with Crippen LogP contribution in [0.15, 0.2) is 83.4 Å². The quantitative estimate of drug-likeness (QED) is 0.433. The van der Waals surface area contributed by atoms with E-state index in [2.05, 4.69) is 15.8 Å². The molecule has 2 N–H and O–H groups in total. The molecule has 32 heavy (non-hydrogen) atoms. The van der Waals surface area contributed by atoms with Crippen LogP contribution in [-0.2, 0) is 16.0 Å². The molecule has 3 aromatic carbocycles. The van der Waals surface area contributed by atoms with Crippen molar-refractivity contribution in [2.45, 2.75) is 25.9 Å². The minimum atomic E-state index is -0.781. The molecule has 0 radical (unpaired) electrons. The Kier molecular flexibility index (Phi) is 6.46. The number of benzene rings is 3. The van der Waals surface area contributed by atoms with Gasteiger partial charge in [0.25, 0.3) is 5.91 Å². The first kappa shape index (κ1) is 21.1. The molecular weight excluding hydrogens is 406 g/mol. The number of nitrogens with one attached hydrogen (secondary N) is 2. The zero-order valence-corrected chi connectivity index (χ0v) is 17.6. The van der Waals surface area contributed by atoms with E-state index in [9.17, 15) is 9.59 Å². The zero-order valence-electron chi connectivity index (χ0n) is 17.6. The third-order valence-corrected chi connectivity index (χ3v) is 4.91. The van der Waals surface area contributed by atoms with Crippen LogP contribution in [0.4, 0.5) is 0 Å². The van der Waals surface area contributed by atoms with Gasteiger partial charge in [-0.1, -0.05) is 60.7 Å². The monoisotopic (exact) mass is 429 g/mol. The highest BCUT2D eigenvalue weighted by Crippen LogP contribution is 2.22. The molecule has 1 aromatic heterocycles. The van der Waals surface area contributed by atoms with E-state index in [0.717, 1.165) is 16.3 Å². The Morgan fingerprint density at radius 2 is 1.72 bits per heavy atom. The van der Waals surface area contributed by atoms with Crippen LogP contribution in [0.3, 0.4) is 0 Å². The molecule has 0 fully saturated rings. The van der Waals surface area contributed by atoms with Crippen molar-refractivity contribution >= 4 is 22.6 Å². The third kappa shape index (κ3) is 5.31. The van der Waals surface area contributed by atoms with Crippen molar-refractivity contribution in [2.24, 2.45) is 0 Å². The molecule has 4 rings (SSSR count). The lowest BCUT2D eigenvalue weighted by Gasteiger charge is -2.15. The van der Waals surface area contributed by atoms with Crippen molar-refractivity contribution in [3.05, 3.63) is 84.9 Å². The Morgan fingerprint density at radius 1 is 0.969 bits per heavy atom. The summed E-state index contributed by atoms with van der Waals surface area (Å²) < 4.78 is 11.4. The number of hydrazine groups is 1. The average molecular weight is 429 g/mol. The molecule has 0 saturated heterocycles. The van der Waals surface area contributed by atoms with Crippen molar-refractivity contribution in [3.8, 4) is 17.1 Å². The fourth-order valence-electron chi connectivity index (χ4n) is 3.18. The standard InChI is InChI=1S/C25H23N3O4/c1-17(31-21-12-11-18-7-5-6-10-20(18)15-21)25(30)28-27-23(29)13-14-24-26-16-22(32-24)19-8-3-2-4-9-19/h2-12,15-17H,13-14H2,1H3,(H,27,29)(H,28,30). The Labute approximate surface area is 185 Å². The van der Waals surface area contributed by atoms with Crippen LogP contribution in [0.5, 0.6) is 5.75 Å². The number of carbonyl (C=O) groups is 2. The predicted molar refractivity (Wildman–Crippen MR) is 121 cm³/mol. The van der Waals surface area contributed by atoms with Crippen molar-refractivity contribution in [3.63, 3.8) is 0 Å². The first-order valence-corrected chi connectivity index (χ1v) is 10.3. The van der Waals surface area contributed by atoms with E-state index in [0.29, 0.717) is 23.8 Å². The second kappa shape index (κ2) is 9.78.